The van der Waals surface area contributed by atoms with Gasteiger partial charge in [0.25, 0.3) is 0 Å². The first-order valence-corrected chi connectivity index (χ1v) is 10.1. The Morgan fingerprint density at radius 3 is 2.44 bits per heavy atom. The molecule has 0 amide bonds. The molecule has 3 rings (SSSR count). The number of oxazole rings is 1. The fourth-order valence-corrected chi connectivity index (χ4v) is 4.44. The van der Waals surface area contributed by atoms with Gasteiger partial charge in [0.1, 0.15) is 6.26 Å². The fraction of sp³-hybridized carbons (Fsp3) is 0.118. The molecule has 1 heterocycles. The maximum atomic E-state index is 12.4. The van der Waals surface area contributed by atoms with E-state index in [9.17, 15) is 8.42 Å². The van der Waals surface area contributed by atoms with Gasteiger partial charge in [-0.3, -0.25) is 0 Å². The van der Waals surface area contributed by atoms with E-state index in [0.29, 0.717) is 37.8 Å². The third-order valence-electron chi connectivity index (χ3n) is 3.38. The molecule has 0 aliphatic rings. The van der Waals surface area contributed by atoms with Crippen LogP contribution in [0.1, 0.15) is 11.3 Å². The average Bonchev–Trinajstić information content (AvgIpc) is 2.98. The fourth-order valence-electron chi connectivity index (χ4n) is 2.28. The van der Waals surface area contributed by atoms with Crippen molar-refractivity contribution in [3.63, 3.8) is 0 Å². The number of rotatable bonds is 5. The topological polar surface area (TPSA) is 60.2 Å². The summed E-state index contributed by atoms with van der Waals surface area (Å²) in [4.78, 5) is 4.23. The zero-order chi connectivity index (χ0) is 18.0. The zero-order valence-corrected chi connectivity index (χ0v) is 15.8. The highest BCUT2D eigenvalue weighted by Gasteiger charge is 2.18. The van der Waals surface area contributed by atoms with Gasteiger partial charge in [-0.2, -0.15) is 0 Å². The highest BCUT2D eigenvalue weighted by Crippen LogP contribution is 2.25. The highest BCUT2D eigenvalue weighted by atomic mass is 35.5. The minimum absolute atomic E-state index is 0.206. The maximum absolute atomic E-state index is 12.4. The molecule has 0 saturated carbocycles. The Bertz CT molecular complexity index is 1020. The van der Waals surface area contributed by atoms with Crippen LogP contribution < -0.4 is 0 Å². The molecule has 0 radical (unpaired) electrons. The van der Waals surface area contributed by atoms with Crippen molar-refractivity contribution < 1.29 is 12.8 Å². The second-order valence-electron chi connectivity index (χ2n) is 5.42. The van der Waals surface area contributed by atoms with Crippen molar-refractivity contribution in [2.45, 2.75) is 11.5 Å². The van der Waals surface area contributed by atoms with Gasteiger partial charge in [0.15, 0.2) is 9.84 Å². The molecule has 0 N–H and O–H groups in total. The zero-order valence-electron chi connectivity index (χ0n) is 12.7. The van der Waals surface area contributed by atoms with Crippen LogP contribution in [0.15, 0.2) is 53.1 Å². The van der Waals surface area contributed by atoms with E-state index in [4.69, 9.17) is 39.2 Å². The summed E-state index contributed by atoms with van der Waals surface area (Å²) in [5, 5.41) is 1.31. The van der Waals surface area contributed by atoms with Gasteiger partial charge in [-0.15, -0.1) is 0 Å². The molecule has 3 aromatic rings. The molecule has 0 aliphatic heterocycles. The van der Waals surface area contributed by atoms with E-state index in [0.717, 1.165) is 0 Å². The van der Waals surface area contributed by atoms with Gasteiger partial charge in [0, 0.05) is 20.6 Å². The SMILES string of the molecule is O=S(=O)(Cc1coc(-c2cccc(Cl)c2)n1)Cc1ccc(Cl)cc1Cl. The van der Waals surface area contributed by atoms with Crippen molar-refractivity contribution in [1.29, 1.82) is 0 Å². The van der Waals surface area contributed by atoms with Crippen LogP contribution in [-0.4, -0.2) is 13.4 Å². The number of hydrogen-bond acceptors (Lipinski definition) is 4. The molecule has 0 unspecified atom stereocenters. The van der Waals surface area contributed by atoms with Gasteiger partial charge in [-0.05, 0) is 35.9 Å². The Morgan fingerprint density at radius 1 is 0.960 bits per heavy atom. The largest absolute Gasteiger partial charge is 0.444 e. The molecule has 0 spiro atoms. The first-order chi connectivity index (χ1) is 11.8. The lowest BCUT2D eigenvalue weighted by atomic mass is 10.2. The predicted molar refractivity (Wildman–Crippen MR) is 99.7 cm³/mol. The second kappa shape index (κ2) is 7.38. The van der Waals surface area contributed by atoms with E-state index in [1.165, 1.54) is 12.3 Å². The van der Waals surface area contributed by atoms with Crippen molar-refractivity contribution in [2.24, 2.45) is 0 Å². The molecule has 0 aliphatic carbocycles. The predicted octanol–water partition coefficient (Wildman–Crippen LogP) is 5.42. The van der Waals surface area contributed by atoms with Crippen molar-refractivity contribution in [3.05, 3.63) is 75.1 Å². The Balaban J connectivity index is 1.77. The summed E-state index contributed by atoms with van der Waals surface area (Å²) < 4.78 is 30.2. The summed E-state index contributed by atoms with van der Waals surface area (Å²) in [5.41, 5.74) is 1.49. The van der Waals surface area contributed by atoms with Crippen LogP contribution in [-0.2, 0) is 21.3 Å². The average molecular weight is 417 g/mol. The van der Waals surface area contributed by atoms with Gasteiger partial charge >= 0.3 is 0 Å². The van der Waals surface area contributed by atoms with Gasteiger partial charge in [0.05, 0.1) is 17.2 Å². The molecule has 0 atom stereocenters. The first-order valence-electron chi connectivity index (χ1n) is 7.17. The van der Waals surface area contributed by atoms with Crippen LogP contribution in [0.2, 0.25) is 15.1 Å². The summed E-state index contributed by atoms with van der Waals surface area (Å²) in [6.07, 6.45) is 1.33. The summed E-state index contributed by atoms with van der Waals surface area (Å²) in [6, 6.07) is 11.7. The lowest BCUT2D eigenvalue weighted by molar-refractivity contribution is 0.571. The van der Waals surface area contributed by atoms with Crippen LogP contribution in [0.25, 0.3) is 11.5 Å². The number of nitrogens with zero attached hydrogens (tertiary/aromatic N) is 1. The molecular weight excluding hydrogens is 405 g/mol. The number of halogens is 3. The normalized spacial score (nSPS) is 11.6. The summed E-state index contributed by atoms with van der Waals surface area (Å²) >= 11 is 17.8. The monoisotopic (exact) mass is 415 g/mol. The molecule has 25 heavy (non-hydrogen) atoms. The standard InChI is InChI=1S/C17H12Cl3NO3S/c18-13-3-1-2-11(6-13)17-21-15(8-24-17)10-25(22,23)9-12-4-5-14(19)7-16(12)20/h1-8H,9-10H2. The number of sulfone groups is 1. The quantitative estimate of drug-likeness (QED) is 0.557. The molecule has 0 bridgehead atoms. The molecule has 0 fully saturated rings. The van der Waals surface area contributed by atoms with Gasteiger partial charge in [0.2, 0.25) is 5.89 Å². The minimum Gasteiger partial charge on any atom is -0.444 e. The third-order valence-corrected chi connectivity index (χ3v) is 5.69. The summed E-state index contributed by atoms with van der Waals surface area (Å²) in [5.74, 6) is -0.143. The maximum Gasteiger partial charge on any atom is 0.226 e. The van der Waals surface area contributed by atoms with E-state index in [1.807, 2.05) is 0 Å². The number of aromatic nitrogens is 1. The minimum atomic E-state index is -3.48. The van der Waals surface area contributed by atoms with E-state index in [1.54, 1.807) is 36.4 Å². The van der Waals surface area contributed by atoms with Crippen molar-refractivity contribution in [3.8, 4) is 11.5 Å². The Hall–Kier alpha value is -1.53. The van der Waals surface area contributed by atoms with E-state index in [2.05, 4.69) is 4.98 Å². The van der Waals surface area contributed by atoms with Crippen LogP contribution >= 0.6 is 34.8 Å². The highest BCUT2D eigenvalue weighted by molar-refractivity contribution is 7.89. The first kappa shape index (κ1) is 18.3. The molecule has 0 saturated heterocycles. The van der Waals surface area contributed by atoms with Gasteiger partial charge in [-0.25, -0.2) is 13.4 Å². The summed E-state index contributed by atoms with van der Waals surface area (Å²) in [6.45, 7) is 0. The summed E-state index contributed by atoms with van der Waals surface area (Å²) in [7, 11) is -3.48. The lowest BCUT2D eigenvalue weighted by Gasteiger charge is -2.05. The van der Waals surface area contributed by atoms with Crippen LogP contribution in [0.4, 0.5) is 0 Å². The van der Waals surface area contributed by atoms with Crippen LogP contribution in [0.3, 0.4) is 0 Å². The Labute approximate surface area is 160 Å². The van der Waals surface area contributed by atoms with Crippen molar-refractivity contribution >= 4 is 44.6 Å². The van der Waals surface area contributed by atoms with E-state index < -0.39 is 9.84 Å². The van der Waals surface area contributed by atoms with Crippen molar-refractivity contribution in [2.75, 3.05) is 0 Å². The van der Waals surface area contributed by atoms with Crippen LogP contribution in [0.5, 0.6) is 0 Å². The third kappa shape index (κ3) is 4.76. The lowest BCUT2D eigenvalue weighted by Crippen LogP contribution is -2.08. The van der Waals surface area contributed by atoms with Gasteiger partial charge < -0.3 is 4.42 Å². The molecule has 2 aromatic carbocycles. The number of hydrogen-bond donors (Lipinski definition) is 0. The Kier molecular flexibility index (Phi) is 5.39. The van der Waals surface area contributed by atoms with Gasteiger partial charge in [-0.1, -0.05) is 46.9 Å². The smallest absolute Gasteiger partial charge is 0.226 e. The number of benzene rings is 2. The van der Waals surface area contributed by atoms with Crippen molar-refractivity contribution in [1.82, 2.24) is 4.98 Å². The molecule has 1 aromatic heterocycles. The molecule has 130 valence electrons. The second-order valence-corrected chi connectivity index (χ2v) is 8.77. The Morgan fingerprint density at radius 2 is 1.72 bits per heavy atom. The van der Waals surface area contributed by atoms with E-state index >= 15 is 0 Å². The van der Waals surface area contributed by atoms with Crippen LogP contribution in [0, 0.1) is 0 Å². The molecular formula is C17H12Cl3NO3S. The molecule has 4 nitrogen and oxygen atoms in total. The van der Waals surface area contributed by atoms with E-state index in [-0.39, 0.29) is 11.5 Å². The molecule has 8 heteroatoms.